The summed E-state index contributed by atoms with van der Waals surface area (Å²) in [6.45, 7) is 2.70. The quantitative estimate of drug-likeness (QED) is 0.776. The number of benzene rings is 1. The Morgan fingerprint density at radius 3 is 2.89 bits per heavy atom. The Morgan fingerprint density at radius 2 is 2.05 bits per heavy atom. The molecule has 3 aromatic rings. The summed E-state index contributed by atoms with van der Waals surface area (Å²) in [5.74, 6) is 0.900. The van der Waals surface area contributed by atoms with Crippen molar-refractivity contribution in [3.05, 3.63) is 60.2 Å². The largest absolute Gasteiger partial charge is 0.364 e. The Balaban J connectivity index is 1.86. The zero-order chi connectivity index (χ0) is 13.1. The summed E-state index contributed by atoms with van der Waals surface area (Å²) in [4.78, 5) is 12.7. The van der Waals surface area contributed by atoms with Crippen LogP contribution >= 0.6 is 0 Å². The maximum absolute atomic E-state index is 4.64. The van der Waals surface area contributed by atoms with Crippen molar-refractivity contribution in [1.29, 1.82) is 0 Å². The van der Waals surface area contributed by atoms with Crippen molar-refractivity contribution in [3.8, 4) is 0 Å². The topological polar surface area (TPSA) is 50.7 Å². The summed E-state index contributed by atoms with van der Waals surface area (Å²) in [5, 5.41) is 4.48. The molecule has 3 rings (SSSR count). The molecule has 0 atom stereocenters. The van der Waals surface area contributed by atoms with E-state index in [0.29, 0.717) is 6.54 Å². The first-order chi connectivity index (χ1) is 9.33. The highest BCUT2D eigenvalue weighted by atomic mass is 15.0. The summed E-state index contributed by atoms with van der Waals surface area (Å²) in [6, 6.07) is 12.2. The Morgan fingerprint density at radius 1 is 1.16 bits per heavy atom. The summed E-state index contributed by atoms with van der Waals surface area (Å²) in [5.41, 5.74) is 3.08. The van der Waals surface area contributed by atoms with Gasteiger partial charge in [-0.25, -0.2) is 15.0 Å². The van der Waals surface area contributed by atoms with Crippen LogP contribution in [0.2, 0.25) is 0 Å². The first kappa shape index (κ1) is 11.6. The third-order valence-corrected chi connectivity index (χ3v) is 2.99. The van der Waals surface area contributed by atoms with Crippen molar-refractivity contribution in [3.63, 3.8) is 0 Å². The Hall–Kier alpha value is -2.49. The lowest BCUT2D eigenvalue weighted by Crippen LogP contribution is -2.04. The number of anilines is 1. The number of pyridine rings is 1. The minimum Gasteiger partial charge on any atom is -0.364 e. The molecule has 0 fully saturated rings. The fourth-order valence-corrected chi connectivity index (χ4v) is 2.00. The van der Waals surface area contributed by atoms with E-state index in [9.17, 15) is 0 Å². The fourth-order valence-electron chi connectivity index (χ4n) is 2.00. The molecule has 0 aliphatic carbocycles. The maximum atomic E-state index is 4.64. The maximum Gasteiger partial charge on any atom is 0.129 e. The summed E-state index contributed by atoms with van der Waals surface area (Å²) >= 11 is 0. The van der Waals surface area contributed by atoms with Crippen molar-refractivity contribution in [2.24, 2.45) is 0 Å². The Bertz CT molecular complexity index is 695. The molecule has 0 amide bonds. The van der Waals surface area contributed by atoms with Gasteiger partial charge in [-0.1, -0.05) is 18.2 Å². The predicted octanol–water partition coefficient (Wildman–Crippen LogP) is 2.95. The molecule has 0 saturated carbocycles. The molecule has 2 heterocycles. The van der Waals surface area contributed by atoms with Crippen LogP contribution in [0.25, 0.3) is 10.9 Å². The standard InChI is InChI=1S/C15H14N4/c1-11-8-12-4-2-3-5-14(12)19-15(11)17-9-13-6-7-16-10-18-13/h2-8,10H,9H2,1H3,(H,17,19). The van der Waals surface area contributed by atoms with Gasteiger partial charge in [0.05, 0.1) is 17.8 Å². The van der Waals surface area contributed by atoms with Gasteiger partial charge in [0.1, 0.15) is 12.1 Å². The Labute approximate surface area is 111 Å². The van der Waals surface area contributed by atoms with Gasteiger partial charge in [0.15, 0.2) is 0 Å². The van der Waals surface area contributed by atoms with Gasteiger partial charge in [-0.2, -0.15) is 0 Å². The number of fused-ring (bicyclic) bond motifs is 1. The minimum absolute atomic E-state index is 0.648. The minimum atomic E-state index is 0.648. The van der Waals surface area contributed by atoms with Gasteiger partial charge in [-0.3, -0.25) is 0 Å². The fraction of sp³-hybridized carbons (Fsp3) is 0.133. The molecule has 1 aromatic carbocycles. The highest BCUT2D eigenvalue weighted by Crippen LogP contribution is 2.19. The molecule has 0 bridgehead atoms. The first-order valence-corrected chi connectivity index (χ1v) is 6.18. The molecule has 0 radical (unpaired) electrons. The van der Waals surface area contributed by atoms with E-state index in [2.05, 4.69) is 39.3 Å². The van der Waals surface area contributed by atoms with Crippen LogP contribution in [0, 0.1) is 6.92 Å². The number of aryl methyl sites for hydroxylation is 1. The molecule has 0 saturated heterocycles. The highest BCUT2D eigenvalue weighted by molar-refractivity contribution is 5.81. The van der Waals surface area contributed by atoms with Crippen molar-refractivity contribution in [2.75, 3.05) is 5.32 Å². The SMILES string of the molecule is Cc1cc2ccccc2nc1NCc1ccncn1. The molecule has 0 unspecified atom stereocenters. The van der Waals surface area contributed by atoms with Crippen LogP contribution in [0.4, 0.5) is 5.82 Å². The van der Waals surface area contributed by atoms with E-state index >= 15 is 0 Å². The summed E-state index contributed by atoms with van der Waals surface area (Å²) in [6.07, 6.45) is 3.29. The van der Waals surface area contributed by atoms with E-state index in [-0.39, 0.29) is 0 Å². The van der Waals surface area contributed by atoms with Crippen LogP contribution in [-0.2, 0) is 6.54 Å². The highest BCUT2D eigenvalue weighted by Gasteiger charge is 2.03. The molecular formula is C15H14N4. The van der Waals surface area contributed by atoms with Crippen LogP contribution < -0.4 is 5.32 Å². The number of hydrogen-bond donors (Lipinski definition) is 1. The lowest BCUT2D eigenvalue weighted by Gasteiger charge is -2.09. The number of hydrogen-bond acceptors (Lipinski definition) is 4. The average molecular weight is 250 g/mol. The number of para-hydroxylation sites is 1. The van der Waals surface area contributed by atoms with Crippen molar-refractivity contribution in [2.45, 2.75) is 13.5 Å². The number of rotatable bonds is 3. The van der Waals surface area contributed by atoms with Gasteiger partial charge < -0.3 is 5.32 Å². The lowest BCUT2D eigenvalue weighted by molar-refractivity contribution is 0.995. The number of nitrogens with one attached hydrogen (secondary N) is 1. The molecule has 0 aliphatic rings. The van der Waals surface area contributed by atoms with Gasteiger partial charge in [0.2, 0.25) is 0 Å². The third-order valence-electron chi connectivity index (χ3n) is 2.99. The Kier molecular flexibility index (Phi) is 3.06. The zero-order valence-electron chi connectivity index (χ0n) is 10.7. The monoisotopic (exact) mass is 250 g/mol. The van der Waals surface area contributed by atoms with E-state index in [0.717, 1.165) is 28.0 Å². The third kappa shape index (κ3) is 2.52. The summed E-state index contributed by atoms with van der Waals surface area (Å²) < 4.78 is 0. The normalized spacial score (nSPS) is 10.6. The van der Waals surface area contributed by atoms with E-state index in [1.54, 1.807) is 12.5 Å². The molecular weight excluding hydrogens is 236 g/mol. The second-order valence-corrected chi connectivity index (χ2v) is 4.40. The average Bonchev–Trinajstić information content (AvgIpc) is 2.46. The van der Waals surface area contributed by atoms with Crippen LogP contribution in [-0.4, -0.2) is 15.0 Å². The lowest BCUT2D eigenvalue weighted by atomic mass is 10.1. The first-order valence-electron chi connectivity index (χ1n) is 6.18. The molecule has 0 spiro atoms. The second kappa shape index (κ2) is 5.02. The molecule has 1 N–H and O–H groups in total. The van der Waals surface area contributed by atoms with Crippen LogP contribution in [0.15, 0.2) is 48.9 Å². The second-order valence-electron chi connectivity index (χ2n) is 4.40. The van der Waals surface area contributed by atoms with Crippen molar-refractivity contribution in [1.82, 2.24) is 15.0 Å². The van der Waals surface area contributed by atoms with Gasteiger partial charge in [0, 0.05) is 11.6 Å². The van der Waals surface area contributed by atoms with Gasteiger partial charge in [0.25, 0.3) is 0 Å². The van der Waals surface area contributed by atoms with Crippen molar-refractivity contribution >= 4 is 16.7 Å². The van der Waals surface area contributed by atoms with Gasteiger partial charge in [-0.05, 0) is 30.7 Å². The molecule has 4 heteroatoms. The van der Waals surface area contributed by atoms with Gasteiger partial charge in [-0.15, -0.1) is 0 Å². The van der Waals surface area contributed by atoms with Crippen LogP contribution in [0.5, 0.6) is 0 Å². The van der Waals surface area contributed by atoms with Gasteiger partial charge >= 0.3 is 0 Å². The van der Waals surface area contributed by atoms with Crippen LogP contribution in [0.1, 0.15) is 11.3 Å². The number of nitrogens with zero attached hydrogens (tertiary/aromatic N) is 3. The van der Waals surface area contributed by atoms with E-state index < -0.39 is 0 Å². The molecule has 19 heavy (non-hydrogen) atoms. The van der Waals surface area contributed by atoms with Crippen LogP contribution in [0.3, 0.4) is 0 Å². The summed E-state index contributed by atoms with van der Waals surface area (Å²) in [7, 11) is 0. The smallest absolute Gasteiger partial charge is 0.129 e. The molecule has 2 aromatic heterocycles. The van der Waals surface area contributed by atoms with E-state index in [4.69, 9.17) is 0 Å². The molecule has 4 nitrogen and oxygen atoms in total. The molecule has 94 valence electrons. The number of aromatic nitrogens is 3. The van der Waals surface area contributed by atoms with Crippen molar-refractivity contribution < 1.29 is 0 Å². The predicted molar refractivity (Wildman–Crippen MR) is 75.8 cm³/mol. The molecule has 0 aliphatic heterocycles. The van der Waals surface area contributed by atoms with E-state index in [1.807, 2.05) is 24.3 Å². The van der Waals surface area contributed by atoms with E-state index in [1.165, 1.54) is 0 Å². The zero-order valence-corrected chi connectivity index (χ0v) is 10.7.